The van der Waals surface area contributed by atoms with E-state index >= 15 is 0 Å². The van der Waals surface area contributed by atoms with Crippen molar-refractivity contribution in [3.05, 3.63) is 28.6 Å². The van der Waals surface area contributed by atoms with E-state index in [-0.39, 0.29) is 0 Å². The number of ether oxygens (including phenoxy) is 1. The highest BCUT2D eigenvalue weighted by molar-refractivity contribution is 9.10. The smallest absolute Gasteiger partial charge is 0.246 e. The van der Waals surface area contributed by atoms with E-state index in [2.05, 4.69) is 26.1 Å². The molecule has 0 aliphatic carbocycles. The van der Waals surface area contributed by atoms with Crippen LogP contribution in [0.5, 0.6) is 5.75 Å². The first-order chi connectivity index (χ1) is 8.97. The van der Waals surface area contributed by atoms with Crippen LogP contribution in [0.4, 0.5) is 0 Å². The van der Waals surface area contributed by atoms with Gasteiger partial charge in [0.25, 0.3) is 0 Å². The molecule has 6 heteroatoms. The molecule has 2 aromatic rings. The molecule has 0 spiro atoms. The Balaban J connectivity index is 2.36. The number of hydrogen-bond donors (Lipinski definition) is 1. The number of rotatable bonds is 4. The molecule has 2 rings (SSSR count). The first-order valence-corrected chi connectivity index (χ1v) is 6.74. The van der Waals surface area contributed by atoms with Crippen LogP contribution in [0.3, 0.4) is 0 Å². The van der Waals surface area contributed by atoms with E-state index in [4.69, 9.17) is 15.0 Å². The van der Waals surface area contributed by atoms with Crippen LogP contribution in [0, 0.1) is 0 Å². The van der Waals surface area contributed by atoms with Gasteiger partial charge in [0, 0.05) is 5.56 Å². The van der Waals surface area contributed by atoms with Crippen LogP contribution >= 0.6 is 15.9 Å². The highest BCUT2D eigenvalue weighted by Gasteiger charge is 2.26. The molecule has 5 nitrogen and oxygen atoms in total. The average Bonchev–Trinajstić information content (AvgIpc) is 2.89. The summed E-state index contributed by atoms with van der Waals surface area (Å²) >= 11 is 3.43. The molecule has 1 heterocycles. The number of benzene rings is 1. The molecule has 19 heavy (non-hydrogen) atoms. The van der Waals surface area contributed by atoms with Gasteiger partial charge in [-0.1, -0.05) is 12.1 Å². The number of nitrogens with zero attached hydrogens (tertiary/aromatic N) is 2. The fraction of sp³-hybridized carbons (Fsp3) is 0.385. The Kier molecular flexibility index (Phi) is 3.91. The van der Waals surface area contributed by atoms with Crippen LogP contribution in [0.2, 0.25) is 0 Å². The van der Waals surface area contributed by atoms with Crippen LogP contribution in [-0.2, 0) is 5.54 Å². The van der Waals surface area contributed by atoms with Crippen LogP contribution in [-0.4, -0.2) is 17.3 Å². The monoisotopic (exact) mass is 325 g/mol. The molecule has 2 N–H and O–H groups in total. The third kappa shape index (κ3) is 2.79. The minimum atomic E-state index is -0.602. The molecule has 102 valence electrons. The van der Waals surface area contributed by atoms with Crippen LogP contribution in [0.1, 0.15) is 26.2 Å². The maximum atomic E-state index is 6.08. The normalized spacial score (nSPS) is 14.2. The summed E-state index contributed by atoms with van der Waals surface area (Å²) in [6.07, 6.45) is 0.723. The first-order valence-electron chi connectivity index (χ1n) is 5.95. The van der Waals surface area contributed by atoms with Crippen molar-refractivity contribution >= 4 is 15.9 Å². The summed E-state index contributed by atoms with van der Waals surface area (Å²) < 4.78 is 11.3. The van der Waals surface area contributed by atoms with Crippen molar-refractivity contribution in [3.8, 4) is 17.1 Å². The molecule has 0 radical (unpaired) electrons. The predicted octanol–water partition coefficient (Wildman–Crippen LogP) is 3.09. The minimum absolute atomic E-state index is 0.442. The Morgan fingerprint density at radius 2 is 2.21 bits per heavy atom. The number of aromatic nitrogens is 2. The quantitative estimate of drug-likeness (QED) is 0.934. The Labute approximate surface area is 120 Å². The molecule has 0 fully saturated rings. The second kappa shape index (κ2) is 5.30. The van der Waals surface area contributed by atoms with E-state index in [1.807, 2.05) is 32.0 Å². The van der Waals surface area contributed by atoms with E-state index in [1.54, 1.807) is 7.11 Å². The molecule has 1 unspecified atom stereocenters. The highest BCUT2D eigenvalue weighted by atomic mass is 79.9. The maximum absolute atomic E-state index is 6.08. The summed E-state index contributed by atoms with van der Waals surface area (Å²) in [5.41, 5.74) is 6.32. The molecular weight excluding hydrogens is 310 g/mol. The van der Waals surface area contributed by atoms with Gasteiger partial charge in [-0.15, -0.1) is 0 Å². The zero-order valence-corrected chi connectivity index (χ0v) is 12.7. The second-order valence-electron chi connectivity index (χ2n) is 4.54. The Hall–Kier alpha value is -1.40. The minimum Gasteiger partial charge on any atom is -0.496 e. The van der Waals surface area contributed by atoms with Crippen LogP contribution < -0.4 is 10.5 Å². The summed E-state index contributed by atoms with van der Waals surface area (Å²) in [5.74, 6) is 1.71. The topological polar surface area (TPSA) is 74.2 Å². The van der Waals surface area contributed by atoms with Crippen LogP contribution in [0.15, 0.2) is 27.2 Å². The fourth-order valence-electron chi connectivity index (χ4n) is 1.53. The van der Waals surface area contributed by atoms with Gasteiger partial charge in [-0.2, -0.15) is 4.98 Å². The summed E-state index contributed by atoms with van der Waals surface area (Å²) in [6, 6.07) is 5.60. The molecule has 1 aromatic heterocycles. The lowest BCUT2D eigenvalue weighted by molar-refractivity contribution is 0.291. The SMILES string of the molecule is CCC(C)(N)c1nc(-c2ccc(OC)c(Br)c2)no1. The summed E-state index contributed by atoms with van der Waals surface area (Å²) in [6.45, 7) is 3.85. The molecular formula is C13H16BrN3O2. The number of nitrogens with two attached hydrogens (primary N) is 1. The molecule has 0 aliphatic rings. The van der Waals surface area contributed by atoms with Gasteiger partial charge in [-0.25, -0.2) is 0 Å². The number of halogens is 1. The molecule has 0 bridgehead atoms. The van der Waals surface area contributed by atoms with E-state index in [9.17, 15) is 0 Å². The van der Waals surface area contributed by atoms with Gasteiger partial charge < -0.3 is 15.0 Å². The van der Waals surface area contributed by atoms with E-state index < -0.39 is 5.54 Å². The van der Waals surface area contributed by atoms with E-state index in [0.29, 0.717) is 11.7 Å². The predicted molar refractivity (Wildman–Crippen MR) is 75.8 cm³/mol. The fourth-order valence-corrected chi connectivity index (χ4v) is 2.07. The van der Waals surface area contributed by atoms with Crippen molar-refractivity contribution < 1.29 is 9.26 Å². The van der Waals surface area contributed by atoms with E-state index in [0.717, 1.165) is 22.2 Å². The largest absolute Gasteiger partial charge is 0.496 e. The molecule has 0 saturated carbocycles. The highest BCUT2D eigenvalue weighted by Crippen LogP contribution is 2.30. The van der Waals surface area contributed by atoms with Crippen molar-refractivity contribution in [1.82, 2.24) is 10.1 Å². The van der Waals surface area contributed by atoms with Crippen molar-refractivity contribution in [2.75, 3.05) is 7.11 Å². The van der Waals surface area contributed by atoms with Gasteiger partial charge in [0.15, 0.2) is 0 Å². The van der Waals surface area contributed by atoms with E-state index in [1.165, 1.54) is 0 Å². The van der Waals surface area contributed by atoms with Gasteiger partial charge in [0.05, 0.1) is 17.1 Å². The third-order valence-electron chi connectivity index (χ3n) is 3.06. The molecule has 0 saturated heterocycles. The van der Waals surface area contributed by atoms with Crippen LogP contribution in [0.25, 0.3) is 11.4 Å². The van der Waals surface area contributed by atoms with Gasteiger partial charge in [-0.05, 0) is 47.5 Å². The third-order valence-corrected chi connectivity index (χ3v) is 3.68. The van der Waals surface area contributed by atoms with Gasteiger partial charge in [-0.3, -0.25) is 0 Å². The standard InChI is InChI=1S/C13H16BrN3O2/c1-4-13(2,15)12-16-11(17-19-12)8-5-6-10(18-3)9(14)7-8/h5-7H,4,15H2,1-3H3. The van der Waals surface area contributed by atoms with Crippen molar-refractivity contribution in [2.45, 2.75) is 25.8 Å². The van der Waals surface area contributed by atoms with Gasteiger partial charge >= 0.3 is 0 Å². The average molecular weight is 326 g/mol. The first kappa shape index (κ1) is 14.0. The van der Waals surface area contributed by atoms with Crippen molar-refractivity contribution in [1.29, 1.82) is 0 Å². The van der Waals surface area contributed by atoms with Crippen molar-refractivity contribution in [2.24, 2.45) is 5.73 Å². The van der Waals surface area contributed by atoms with Gasteiger partial charge in [0.1, 0.15) is 5.75 Å². The summed E-state index contributed by atoms with van der Waals surface area (Å²) in [5, 5.41) is 3.97. The Morgan fingerprint density at radius 3 is 2.79 bits per heavy atom. The molecule has 0 amide bonds. The maximum Gasteiger partial charge on any atom is 0.246 e. The lowest BCUT2D eigenvalue weighted by atomic mass is 10.0. The Bertz CT molecular complexity index is 581. The summed E-state index contributed by atoms with van der Waals surface area (Å²) in [4.78, 5) is 4.36. The zero-order valence-electron chi connectivity index (χ0n) is 11.1. The second-order valence-corrected chi connectivity index (χ2v) is 5.40. The zero-order chi connectivity index (χ0) is 14.0. The molecule has 1 aromatic carbocycles. The molecule has 1 atom stereocenters. The lowest BCUT2D eigenvalue weighted by Crippen LogP contribution is -2.32. The van der Waals surface area contributed by atoms with Gasteiger partial charge in [0.2, 0.25) is 11.7 Å². The summed E-state index contributed by atoms with van der Waals surface area (Å²) in [7, 11) is 1.62. The Morgan fingerprint density at radius 1 is 1.47 bits per heavy atom. The molecule has 0 aliphatic heterocycles. The van der Waals surface area contributed by atoms with Crippen molar-refractivity contribution in [3.63, 3.8) is 0 Å². The lowest BCUT2D eigenvalue weighted by Gasteiger charge is -2.16. The number of hydrogen-bond acceptors (Lipinski definition) is 5. The number of methoxy groups -OCH3 is 1.